The molecule has 1 N–H and O–H groups in total. The van der Waals surface area contributed by atoms with E-state index in [0.29, 0.717) is 12.0 Å². The zero-order valence-electron chi connectivity index (χ0n) is 15.9. The molecule has 5 nitrogen and oxygen atoms in total. The fraction of sp³-hybridized carbons (Fsp3) is 0.500. The minimum atomic E-state index is 0. The van der Waals surface area contributed by atoms with Gasteiger partial charge in [0, 0.05) is 32.0 Å². The third-order valence-corrected chi connectivity index (χ3v) is 5.12. The molecule has 1 aromatic heterocycles. The minimum Gasteiger partial charge on any atom is -0.357 e. The first-order valence-corrected chi connectivity index (χ1v) is 9.24. The summed E-state index contributed by atoms with van der Waals surface area (Å²) >= 11 is 0. The molecule has 1 aromatic carbocycles. The number of piperidine rings is 1. The van der Waals surface area contributed by atoms with Crippen LogP contribution in [0.25, 0.3) is 0 Å². The van der Waals surface area contributed by atoms with Crippen molar-refractivity contribution < 1.29 is 0 Å². The quantitative estimate of drug-likeness (QED) is 0.422. The van der Waals surface area contributed by atoms with Crippen LogP contribution < -0.4 is 5.32 Å². The molecule has 1 aliphatic rings. The molecule has 0 amide bonds. The molecule has 0 spiro atoms. The third-order valence-electron chi connectivity index (χ3n) is 5.12. The number of imidazole rings is 1. The summed E-state index contributed by atoms with van der Waals surface area (Å²) in [6.45, 7) is 10.2. The van der Waals surface area contributed by atoms with Crippen LogP contribution in [0.5, 0.6) is 0 Å². The molecule has 6 heteroatoms. The number of hydrogen-bond donors (Lipinski definition) is 1. The number of aromatic nitrogens is 2. The first-order chi connectivity index (χ1) is 12.2. The van der Waals surface area contributed by atoms with Crippen LogP contribution in [-0.4, -0.2) is 40.0 Å². The number of benzene rings is 1. The number of hydrogen-bond acceptors (Lipinski definition) is 2. The monoisotopic (exact) mass is 467 g/mol. The molecule has 0 bridgehead atoms. The zero-order chi connectivity index (χ0) is 17.6. The van der Waals surface area contributed by atoms with Gasteiger partial charge in [-0.25, -0.2) is 9.98 Å². The van der Waals surface area contributed by atoms with Crippen molar-refractivity contribution in [2.24, 2.45) is 10.9 Å². The highest BCUT2D eigenvalue weighted by molar-refractivity contribution is 14.0. The molecule has 1 aliphatic heterocycles. The van der Waals surface area contributed by atoms with Crippen LogP contribution in [0.15, 0.2) is 48.0 Å². The molecule has 3 rings (SSSR count). The van der Waals surface area contributed by atoms with E-state index < -0.39 is 0 Å². The highest BCUT2D eigenvalue weighted by Crippen LogP contribution is 2.27. The van der Waals surface area contributed by atoms with Gasteiger partial charge in [0.05, 0.1) is 18.9 Å². The Balaban J connectivity index is 0.00000243. The number of rotatable bonds is 4. The number of nitrogens with zero attached hydrogens (tertiary/aromatic N) is 4. The lowest BCUT2D eigenvalue weighted by molar-refractivity contribution is 0.189. The second-order valence-corrected chi connectivity index (χ2v) is 6.89. The number of aliphatic imine (C=N–C) groups is 1. The maximum atomic E-state index is 4.92. The minimum absolute atomic E-state index is 0. The molecule has 1 fully saturated rings. The Kier molecular flexibility index (Phi) is 7.93. The summed E-state index contributed by atoms with van der Waals surface area (Å²) in [4.78, 5) is 11.5. The van der Waals surface area contributed by atoms with E-state index in [1.807, 2.05) is 12.5 Å². The highest BCUT2D eigenvalue weighted by Gasteiger charge is 2.28. The first-order valence-electron chi connectivity index (χ1n) is 9.24. The molecular weight excluding hydrogens is 437 g/mol. The van der Waals surface area contributed by atoms with Gasteiger partial charge in [0.2, 0.25) is 0 Å². The maximum absolute atomic E-state index is 4.92. The van der Waals surface area contributed by atoms with Gasteiger partial charge in [-0.3, -0.25) is 0 Å². The summed E-state index contributed by atoms with van der Waals surface area (Å²) in [5, 5.41) is 3.47. The number of nitrogens with one attached hydrogen (secondary N) is 1. The van der Waals surface area contributed by atoms with E-state index in [4.69, 9.17) is 4.99 Å². The van der Waals surface area contributed by atoms with Crippen LogP contribution in [0.4, 0.5) is 0 Å². The van der Waals surface area contributed by atoms with Crippen LogP contribution in [0, 0.1) is 12.8 Å². The zero-order valence-corrected chi connectivity index (χ0v) is 18.3. The van der Waals surface area contributed by atoms with Crippen molar-refractivity contribution in [2.75, 3.05) is 19.6 Å². The maximum Gasteiger partial charge on any atom is 0.194 e. The molecule has 0 aliphatic carbocycles. The second kappa shape index (κ2) is 9.94. The van der Waals surface area contributed by atoms with Crippen LogP contribution in [0.2, 0.25) is 0 Å². The van der Waals surface area contributed by atoms with E-state index in [1.165, 1.54) is 11.1 Å². The Hall–Kier alpha value is -1.57. The number of aryl methyl sites for hydroxylation is 1. The van der Waals surface area contributed by atoms with E-state index in [-0.39, 0.29) is 24.0 Å². The molecule has 1 saturated heterocycles. The van der Waals surface area contributed by atoms with Gasteiger partial charge in [-0.2, -0.15) is 0 Å². The Bertz CT molecular complexity index is 698. The normalized spacial score (nSPS) is 20.6. The van der Waals surface area contributed by atoms with E-state index >= 15 is 0 Å². The van der Waals surface area contributed by atoms with Crippen molar-refractivity contribution in [3.63, 3.8) is 0 Å². The topological polar surface area (TPSA) is 45.5 Å². The van der Waals surface area contributed by atoms with Gasteiger partial charge in [-0.15, -0.1) is 24.0 Å². The van der Waals surface area contributed by atoms with Gasteiger partial charge in [-0.05, 0) is 37.3 Å². The van der Waals surface area contributed by atoms with Crippen molar-refractivity contribution >= 4 is 29.9 Å². The lowest BCUT2D eigenvalue weighted by atomic mass is 9.93. The summed E-state index contributed by atoms with van der Waals surface area (Å²) in [6, 6.07) is 8.92. The summed E-state index contributed by atoms with van der Waals surface area (Å²) in [5.41, 5.74) is 2.58. The van der Waals surface area contributed by atoms with Crippen LogP contribution in [0.3, 0.4) is 0 Å². The predicted octanol–water partition coefficient (Wildman–Crippen LogP) is 3.86. The van der Waals surface area contributed by atoms with Crippen LogP contribution >= 0.6 is 24.0 Å². The molecule has 0 radical (unpaired) electrons. The molecule has 0 saturated carbocycles. The smallest absolute Gasteiger partial charge is 0.194 e. The van der Waals surface area contributed by atoms with E-state index in [0.717, 1.165) is 38.6 Å². The number of guanidine groups is 1. The molecule has 26 heavy (non-hydrogen) atoms. The van der Waals surface area contributed by atoms with E-state index in [2.05, 4.69) is 71.0 Å². The van der Waals surface area contributed by atoms with Gasteiger partial charge < -0.3 is 14.8 Å². The van der Waals surface area contributed by atoms with Crippen molar-refractivity contribution in [1.82, 2.24) is 19.8 Å². The SMILES string of the molecule is CCNC(=NCc1ccccc1C)N1CCC(C)C(n2ccnc2)C1.I. The third kappa shape index (κ3) is 4.99. The van der Waals surface area contributed by atoms with Crippen molar-refractivity contribution in [2.45, 2.75) is 39.8 Å². The van der Waals surface area contributed by atoms with Crippen molar-refractivity contribution in [3.8, 4) is 0 Å². The molecule has 2 atom stereocenters. The average Bonchev–Trinajstić information content (AvgIpc) is 3.15. The van der Waals surface area contributed by atoms with Crippen molar-refractivity contribution in [1.29, 1.82) is 0 Å². The van der Waals surface area contributed by atoms with Gasteiger partial charge in [-0.1, -0.05) is 31.2 Å². The number of likely N-dealkylation sites (tertiary alicyclic amines) is 1. The lowest BCUT2D eigenvalue weighted by Crippen LogP contribution is -2.49. The summed E-state index contributed by atoms with van der Waals surface area (Å²) < 4.78 is 2.24. The fourth-order valence-corrected chi connectivity index (χ4v) is 3.47. The Morgan fingerprint density at radius 2 is 2.15 bits per heavy atom. The largest absolute Gasteiger partial charge is 0.357 e. The Labute approximate surface area is 173 Å². The Morgan fingerprint density at radius 3 is 2.85 bits per heavy atom. The summed E-state index contributed by atoms with van der Waals surface area (Å²) in [5.74, 6) is 1.66. The van der Waals surface area contributed by atoms with Gasteiger partial charge >= 0.3 is 0 Å². The van der Waals surface area contributed by atoms with E-state index in [1.54, 1.807) is 0 Å². The predicted molar refractivity (Wildman–Crippen MR) is 118 cm³/mol. The van der Waals surface area contributed by atoms with Crippen LogP contribution in [0.1, 0.15) is 37.4 Å². The fourth-order valence-electron chi connectivity index (χ4n) is 3.47. The summed E-state index contributed by atoms with van der Waals surface area (Å²) in [7, 11) is 0. The standard InChI is InChI=1S/C20H29N5.HI/c1-4-22-20(23-13-18-8-6-5-7-16(18)2)24-11-9-17(3)19(14-24)25-12-10-21-15-25;/h5-8,10,12,15,17,19H,4,9,11,13-14H2,1-3H3,(H,22,23);1H. The van der Waals surface area contributed by atoms with Gasteiger partial charge in [0.1, 0.15) is 0 Å². The molecule has 2 unspecified atom stereocenters. The Morgan fingerprint density at radius 1 is 1.35 bits per heavy atom. The molecule has 2 aromatic rings. The average molecular weight is 467 g/mol. The first kappa shape index (κ1) is 20.7. The molecule has 142 valence electrons. The van der Waals surface area contributed by atoms with Gasteiger partial charge in [0.25, 0.3) is 0 Å². The van der Waals surface area contributed by atoms with Gasteiger partial charge in [0.15, 0.2) is 5.96 Å². The summed E-state index contributed by atoms with van der Waals surface area (Å²) in [6.07, 6.45) is 7.03. The van der Waals surface area contributed by atoms with Crippen LogP contribution in [-0.2, 0) is 6.54 Å². The lowest BCUT2D eigenvalue weighted by Gasteiger charge is -2.39. The molecule has 2 heterocycles. The second-order valence-electron chi connectivity index (χ2n) is 6.89. The van der Waals surface area contributed by atoms with E-state index in [9.17, 15) is 0 Å². The highest BCUT2D eigenvalue weighted by atomic mass is 127. The molecular formula is C20H30IN5. The van der Waals surface area contributed by atoms with Crippen molar-refractivity contribution in [3.05, 3.63) is 54.1 Å². The number of halogens is 1.